The summed E-state index contributed by atoms with van der Waals surface area (Å²) in [7, 11) is 1.32. The minimum Gasteiger partial charge on any atom is -0.464 e. The van der Waals surface area contributed by atoms with E-state index in [1.54, 1.807) is 4.68 Å². The summed E-state index contributed by atoms with van der Waals surface area (Å²) in [6.07, 6.45) is 0.675. The molecule has 8 nitrogen and oxygen atoms in total. The largest absolute Gasteiger partial charge is 0.464 e. The Hall–Kier alpha value is -2.25. The first-order chi connectivity index (χ1) is 9.56. The van der Waals surface area contributed by atoms with E-state index in [9.17, 15) is 4.79 Å². The van der Waals surface area contributed by atoms with Gasteiger partial charge in [0.05, 0.1) is 12.8 Å². The zero-order valence-electron chi connectivity index (χ0n) is 12.0. The maximum Gasteiger partial charge on any atom is 0.360 e. The molecule has 0 radical (unpaired) electrons. The molecule has 0 aromatic carbocycles. The minimum atomic E-state index is -0.498. The van der Waals surface area contributed by atoms with Crippen molar-refractivity contribution in [3.8, 4) is 0 Å². The van der Waals surface area contributed by atoms with Crippen LogP contribution in [0.1, 0.15) is 54.6 Å². The fraction of sp³-hybridized carbons (Fsp3) is 0.583. The van der Waals surface area contributed by atoms with Gasteiger partial charge in [-0.1, -0.05) is 31.1 Å². The Morgan fingerprint density at radius 2 is 2.20 bits per heavy atom. The van der Waals surface area contributed by atoms with Crippen LogP contribution in [0.15, 0.2) is 4.52 Å². The summed E-state index contributed by atoms with van der Waals surface area (Å²) < 4.78 is 11.4. The van der Waals surface area contributed by atoms with E-state index in [0.29, 0.717) is 30.4 Å². The first-order valence-corrected chi connectivity index (χ1v) is 6.40. The van der Waals surface area contributed by atoms with Crippen LogP contribution in [0.2, 0.25) is 0 Å². The van der Waals surface area contributed by atoms with Crippen molar-refractivity contribution in [3.63, 3.8) is 0 Å². The summed E-state index contributed by atoms with van der Waals surface area (Å²) >= 11 is 0. The Labute approximate surface area is 116 Å². The second-order valence-corrected chi connectivity index (χ2v) is 4.59. The van der Waals surface area contributed by atoms with E-state index < -0.39 is 5.97 Å². The maximum absolute atomic E-state index is 11.7. The second-order valence-electron chi connectivity index (χ2n) is 4.59. The topological polar surface area (TPSA) is 95.9 Å². The summed E-state index contributed by atoms with van der Waals surface area (Å²) in [4.78, 5) is 15.9. The molecule has 0 aliphatic carbocycles. The van der Waals surface area contributed by atoms with Crippen LogP contribution in [-0.2, 0) is 17.7 Å². The molecule has 0 unspecified atom stereocenters. The van der Waals surface area contributed by atoms with Crippen molar-refractivity contribution in [3.05, 3.63) is 23.1 Å². The molecule has 2 heterocycles. The number of rotatable bonds is 5. The van der Waals surface area contributed by atoms with Crippen molar-refractivity contribution in [2.75, 3.05) is 7.11 Å². The average Bonchev–Trinajstić information content (AvgIpc) is 3.04. The van der Waals surface area contributed by atoms with Gasteiger partial charge in [-0.3, -0.25) is 0 Å². The summed E-state index contributed by atoms with van der Waals surface area (Å²) in [5.41, 5.74) is 0.918. The van der Waals surface area contributed by atoms with Crippen molar-refractivity contribution in [2.45, 2.75) is 39.7 Å². The molecule has 0 bridgehead atoms. The van der Waals surface area contributed by atoms with Gasteiger partial charge in [-0.25, -0.2) is 9.48 Å². The molecule has 0 atom stereocenters. The van der Waals surface area contributed by atoms with Crippen molar-refractivity contribution >= 4 is 5.97 Å². The lowest BCUT2D eigenvalue weighted by molar-refractivity contribution is 0.0592. The van der Waals surface area contributed by atoms with Crippen molar-refractivity contribution in [1.82, 2.24) is 25.1 Å². The molecule has 2 aromatic heterocycles. The van der Waals surface area contributed by atoms with Crippen LogP contribution < -0.4 is 0 Å². The van der Waals surface area contributed by atoms with Crippen molar-refractivity contribution in [1.29, 1.82) is 0 Å². The lowest BCUT2D eigenvalue weighted by Crippen LogP contribution is -2.12. The molecule has 0 saturated carbocycles. The maximum atomic E-state index is 11.7. The van der Waals surface area contributed by atoms with Crippen LogP contribution in [0.5, 0.6) is 0 Å². The molecule has 0 N–H and O–H groups in total. The molecule has 2 aromatic rings. The van der Waals surface area contributed by atoms with E-state index in [1.807, 2.05) is 20.8 Å². The number of hydrogen-bond acceptors (Lipinski definition) is 7. The summed E-state index contributed by atoms with van der Waals surface area (Å²) in [6.45, 7) is 6.15. The van der Waals surface area contributed by atoms with Gasteiger partial charge >= 0.3 is 5.97 Å². The third-order valence-electron chi connectivity index (χ3n) is 2.80. The number of aryl methyl sites for hydroxylation is 1. The second kappa shape index (κ2) is 5.81. The third-order valence-corrected chi connectivity index (χ3v) is 2.80. The lowest BCUT2D eigenvalue weighted by atomic mass is 10.1. The number of nitrogens with zero attached hydrogens (tertiary/aromatic N) is 5. The van der Waals surface area contributed by atoms with Crippen molar-refractivity contribution in [2.24, 2.45) is 0 Å². The fourth-order valence-electron chi connectivity index (χ4n) is 1.88. The van der Waals surface area contributed by atoms with Gasteiger partial charge in [0.2, 0.25) is 5.89 Å². The normalized spacial score (nSPS) is 11.1. The summed E-state index contributed by atoms with van der Waals surface area (Å²) in [5.74, 6) is 0.642. The highest BCUT2D eigenvalue weighted by Gasteiger charge is 2.23. The van der Waals surface area contributed by atoms with Crippen molar-refractivity contribution < 1.29 is 14.1 Å². The molecule has 2 rings (SSSR count). The zero-order chi connectivity index (χ0) is 14.7. The molecule has 0 spiro atoms. The van der Waals surface area contributed by atoms with Crippen LogP contribution >= 0.6 is 0 Å². The SMILES string of the molecule is CCc1nc(Cn2nnc(C(=O)OC)c2C(C)C)no1. The van der Waals surface area contributed by atoms with Gasteiger partial charge in [0, 0.05) is 6.42 Å². The standard InChI is InChI=1S/C12H17N5O3/c1-5-9-13-8(15-20-9)6-17-11(7(2)3)10(14-16-17)12(18)19-4/h7H,5-6H2,1-4H3. The number of carbonyl (C=O) groups is 1. The summed E-state index contributed by atoms with van der Waals surface area (Å²) in [5, 5.41) is 11.7. The van der Waals surface area contributed by atoms with Gasteiger partial charge < -0.3 is 9.26 Å². The molecule has 0 aliphatic rings. The number of aromatic nitrogens is 5. The quantitative estimate of drug-likeness (QED) is 0.758. The first-order valence-electron chi connectivity index (χ1n) is 6.40. The lowest BCUT2D eigenvalue weighted by Gasteiger charge is -2.08. The van der Waals surface area contributed by atoms with Crippen LogP contribution in [0.25, 0.3) is 0 Å². The smallest absolute Gasteiger partial charge is 0.360 e. The molecule has 0 saturated heterocycles. The van der Waals surface area contributed by atoms with Gasteiger partial charge in [0.1, 0.15) is 6.54 Å². The van der Waals surface area contributed by atoms with Gasteiger partial charge in [0.25, 0.3) is 0 Å². The number of ether oxygens (including phenoxy) is 1. The Kier molecular flexibility index (Phi) is 4.11. The fourth-order valence-corrected chi connectivity index (χ4v) is 1.88. The van der Waals surface area contributed by atoms with E-state index >= 15 is 0 Å². The van der Waals surface area contributed by atoms with Crippen LogP contribution in [0.4, 0.5) is 0 Å². The molecule has 8 heteroatoms. The predicted molar refractivity (Wildman–Crippen MR) is 68.2 cm³/mol. The first kappa shape index (κ1) is 14.2. The zero-order valence-corrected chi connectivity index (χ0v) is 12.0. The van der Waals surface area contributed by atoms with Gasteiger partial charge in [-0.15, -0.1) is 5.10 Å². The van der Waals surface area contributed by atoms with Gasteiger partial charge in [-0.05, 0) is 5.92 Å². The highest BCUT2D eigenvalue weighted by molar-refractivity contribution is 5.88. The third kappa shape index (κ3) is 2.68. The Morgan fingerprint density at radius 1 is 1.45 bits per heavy atom. The van der Waals surface area contributed by atoms with Gasteiger partial charge in [0.15, 0.2) is 11.5 Å². The van der Waals surface area contributed by atoms with Crippen LogP contribution in [-0.4, -0.2) is 38.2 Å². The van der Waals surface area contributed by atoms with Crippen LogP contribution in [0, 0.1) is 0 Å². The van der Waals surface area contributed by atoms with Gasteiger partial charge in [-0.2, -0.15) is 4.98 Å². The van der Waals surface area contributed by atoms with E-state index in [-0.39, 0.29) is 11.6 Å². The average molecular weight is 279 g/mol. The highest BCUT2D eigenvalue weighted by Crippen LogP contribution is 2.19. The molecule has 0 amide bonds. The number of carbonyl (C=O) groups excluding carboxylic acids is 1. The molecular weight excluding hydrogens is 262 g/mol. The van der Waals surface area contributed by atoms with E-state index in [4.69, 9.17) is 9.26 Å². The predicted octanol–water partition coefficient (Wildman–Crippen LogP) is 1.18. The number of hydrogen-bond donors (Lipinski definition) is 0. The van der Waals surface area contributed by atoms with E-state index in [1.165, 1.54) is 7.11 Å². The highest BCUT2D eigenvalue weighted by atomic mass is 16.5. The molecule has 108 valence electrons. The Bertz CT molecular complexity index is 602. The monoisotopic (exact) mass is 279 g/mol. The minimum absolute atomic E-state index is 0.0663. The summed E-state index contributed by atoms with van der Waals surface area (Å²) in [6, 6.07) is 0. The molecule has 20 heavy (non-hydrogen) atoms. The van der Waals surface area contributed by atoms with Crippen LogP contribution in [0.3, 0.4) is 0 Å². The molecular formula is C12H17N5O3. The Balaban J connectivity index is 2.31. The molecule has 0 fully saturated rings. The molecule has 0 aliphatic heterocycles. The van der Waals surface area contributed by atoms with E-state index in [2.05, 4.69) is 20.5 Å². The number of methoxy groups -OCH3 is 1. The van der Waals surface area contributed by atoms with E-state index in [0.717, 1.165) is 0 Å². The Morgan fingerprint density at radius 3 is 2.75 bits per heavy atom. The number of esters is 1.